The molecule has 1 fully saturated rings. The molecule has 1 aromatic carbocycles. The smallest absolute Gasteiger partial charge is 0.241 e. The average Bonchev–Trinajstić information content (AvgIpc) is 2.48. The lowest BCUT2D eigenvalue weighted by atomic mass is 10.1. The molecule has 0 aromatic heterocycles. The van der Waals surface area contributed by atoms with Gasteiger partial charge >= 0.3 is 0 Å². The number of nitrogens with two attached hydrogens (primary N) is 1. The summed E-state index contributed by atoms with van der Waals surface area (Å²) in [4.78, 5) is 14.4. The number of carbonyl (C=O) groups is 1. The van der Waals surface area contributed by atoms with Gasteiger partial charge in [-0.15, -0.1) is 0 Å². The number of ether oxygens (including phenoxy) is 1. The van der Waals surface area contributed by atoms with Crippen LogP contribution in [0.2, 0.25) is 0 Å². The van der Waals surface area contributed by atoms with Crippen LogP contribution in [0, 0.1) is 0 Å². The van der Waals surface area contributed by atoms with Gasteiger partial charge in [-0.1, -0.05) is 0 Å². The number of hydrogen-bond acceptors (Lipinski definition) is 4. The van der Waals surface area contributed by atoms with Crippen molar-refractivity contribution in [1.29, 1.82) is 0 Å². The van der Waals surface area contributed by atoms with Gasteiger partial charge in [0.25, 0.3) is 0 Å². The largest absolute Gasteiger partial charge is 0.399 e. The first kappa shape index (κ1) is 14.8. The zero-order chi connectivity index (χ0) is 14.5. The third kappa shape index (κ3) is 3.71. The molecular weight excluding hydrogens is 254 g/mol. The Morgan fingerprint density at radius 3 is 2.80 bits per heavy atom. The molecule has 2 unspecified atom stereocenters. The first-order chi connectivity index (χ1) is 9.60. The average molecular weight is 277 g/mol. The molecule has 1 amide bonds. The summed E-state index contributed by atoms with van der Waals surface area (Å²) in [7, 11) is 1.73. The van der Waals surface area contributed by atoms with E-state index in [0.717, 1.165) is 31.6 Å². The highest BCUT2D eigenvalue weighted by Gasteiger charge is 2.27. The zero-order valence-corrected chi connectivity index (χ0v) is 12.1. The summed E-state index contributed by atoms with van der Waals surface area (Å²) in [6.45, 7) is 3.69. The van der Waals surface area contributed by atoms with E-state index >= 15 is 0 Å². The van der Waals surface area contributed by atoms with Crippen LogP contribution in [0.4, 0.5) is 11.4 Å². The summed E-state index contributed by atoms with van der Waals surface area (Å²) in [6, 6.07) is 7.03. The number of anilines is 2. The normalized spacial score (nSPS) is 21.4. The van der Waals surface area contributed by atoms with Crippen LogP contribution in [0.25, 0.3) is 0 Å². The minimum Gasteiger partial charge on any atom is -0.399 e. The highest BCUT2D eigenvalue weighted by atomic mass is 16.5. The van der Waals surface area contributed by atoms with Crippen LogP contribution in [-0.2, 0) is 9.53 Å². The van der Waals surface area contributed by atoms with Gasteiger partial charge in [-0.3, -0.25) is 9.69 Å². The van der Waals surface area contributed by atoms with E-state index in [2.05, 4.69) is 10.2 Å². The number of hydrogen-bond donors (Lipinski definition) is 2. The van der Waals surface area contributed by atoms with E-state index in [0.29, 0.717) is 5.69 Å². The minimum atomic E-state index is -0.162. The van der Waals surface area contributed by atoms with Gasteiger partial charge in [0, 0.05) is 25.0 Å². The number of likely N-dealkylation sites (tertiary alicyclic amines) is 1. The van der Waals surface area contributed by atoms with Crippen LogP contribution >= 0.6 is 0 Å². The van der Waals surface area contributed by atoms with E-state index in [1.54, 1.807) is 19.2 Å². The van der Waals surface area contributed by atoms with Gasteiger partial charge in [0.2, 0.25) is 5.91 Å². The molecular formula is C15H23N3O2. The predicted molar refractivity (Wildman–Crippen MR) is 80.6 cm³/mol. The third-order valence-corrected chi connectivity index (χ3v) is 3.85. The van der Waals surface area contributed by atoms with Crippen LogP contribution in [0.5, 0.6) is 0 Å². The van der Waals surface area contributed by atoms with Crippen molar-refractivity contribution in [2.24, 2.45) is 0 Å². The van der Waals surface area contributed by atoms with Gasteiger partial charge in [-0.25, -0.2) is 0 Å². The lowest BCUT2D eigenvalue weighted by Crippen LogP contribution is -2.48. The maximum absolute atomic E-state index is 12.3. The number of piperidine rings is 1. The fraction of sp³-hybridized carbons (Fsp3) is 0.533. The highest BCUT2D eigenvalue weighted by molar-refractivity contribution is 5.94. The van der Waals surface area contributed by atoms with E-state index in [1.807, 2.05) is 19.1 Å². The fourth-order valence-electron chi connectivity index (χ4n) is 2.49. The van der Waals surface area contributed by atoms with Gasteiger partial charge in [0.05, 0.1) is 12.1 Å². The van der Waals surface area contributed by atoms with Crippen molar-refractivity contribution < 1.29 is 9.53 Å². The third-order valence-electron chi connectivity index (χ3n) is 3.85. The number of methoxy groups -OCH3 is 1. The molecule has 1 aromatic rings. The molecule has 0 radical (unpaired) electrons. The van der Waals surface area contributed by atoms with Crippen molar-refractivity contribution in [3.05, 3.63) is 24.3 Å². The van der Waals surface area contributed by atoms with Crippen molar-refractivity contribution in [3.8, 4) is 0 Å². The topological polar surface area (TPSA) is 67.6 Å². The van der Waals surface area contributed by atoms with Crippen molar-refractivity contribution in [3.63, 3.8) is 0 Å². The molecule has 0 aliphatic carbocycles. The number of nitrogens with one attached hydrogen (secondary N) is 1. The van der Waals surface area contributed by atoms with E-state index in [9.17, 15) is 4.79 Å². The van der Waals surface area contributed by atoms with E-state index in [-0.39, 0.29) is 18.1 Å². The first-order valence-corrected chi connectivity index (χ1v) is 7.03. The van der Waals surface area contributed by atoms with E-state index < -0.39 is 0 Å². The molecule has 0 bridgehead atoms. The second-order valence-electron chi connectivity index (χ2n) is 5.28. The summed E-state index contributed by atoms with van der Waals surface area (Å²) in [6.07, 6.45) is 2.37. The molecule has 1 heterocycles. The molecule has 110 valence electrons. The van der Waals surface area contributed by atoms with Crippen LogP contribution in [0.15, 0.2) is 24.3 Å². The van der Waals surface area contributed by atoms with Gasteiger partial charge in [-0.2, -0.15) is 0 Å². The first-order valence-electron chi connectivity index (χ1n) is 7.03. The minimum absolute atomic E-state index is 0.00604. The lowest BCUT2D eigenvalue weighted by molar-refractivity contribution is -0.122. The highest BCUT2D eigenvalue weighted by Crippen LogP contribution is 2.17. The van der Waals surface area contributed by atoms with Crippen molar-refractivity contribution in [2.75, 3.05) is 31.2 Å². The van der Waals surface area contributed by atoms with Crippen LogP contribution in [0.3, 0.4) is 0 Å². The number of benzene rings is 1. The number of rotatable bonds is 4. The molecule has 1 aliphatic heterocycles. The summed E-state index contributed by atoms with van der Waals surface area (Å²) in [5.74, 6) is 0.00604. The van der Waals surface area contributed by atoms with Crippen molar-refractivity contribution >= 4 is 17.3 Å². The quantitative estimate of drug-likeness (QED) is 0.822. The molecule has 20 heavy (non-hydrogen) atoms. The Labute approximate surface area is 120 Å². The molecule has 5 heteroatoms. The number of nitrogen functional groups attached to an aromatic ring is 1. The fourth-order valence-corrected chi connectivity index (χ4v) is 2.49. The molecule has 2 atom stereocenters. The summed E-state index contributed by atoms with van der Waals surface area (Å²) < 4.78 is 5.40. The summed E-state index contributed by atoms with van der Waals surface area (Å²) in [5.41, 5.74) is 7.09. The Bertz CT molecular complexity index is 447. The second kappa shape index (κ2) is 6.72. The Balaban J connectivity index is 1.92. The van der Waals surface area contributed by atoms with E-state index in [1.165, 1.54) is 0 Å². The Morgan fingerprint density at radius 1 is 1.45 bits per heavy atom. The Morgan fingerprint density at radius 2 is 2.15 bits per heavy atom. The summed E-state index contributed by atoms with van der Waals surface area (Å²) >= 11 is 0. The van der Waals surface area contributed by atoms with Gasteiger partial charge in [-0.05, 0) is 50.6 Å². The number of nitrogens with zero attached hydrogens (tertiary/aromatic N) is 1. The molecule has 3 N–H and O–H groups in total. The molecule has 1 saturated heterocycles. The van der Waals surface area contributed by atoms with Crippen molar-refractivity contribution in [2.45, 2.75) is 31.9 Å². The van der Waals surface area contributed by atoms with Crippen molar-refractivity contribution in [1.82, 2.24) is 4.90 Å². The monoisotopic (exact) mass is 277 g/mol. The lowest BCUT2D eigenvalue weighted by Gasteiger charge is -2.35. The maximum atomic E-state index is 12.3. The SMILES string of the molecule is COC1CCCN(C(C)C(=O)Nc2ccc(N)cc2)C1. The molecule has 0 saturated carbocycles. The molecule has 5 nitrogen and oxygen atoms in total. The van der Waals surface area contributed by atoms with E-state index in [4.69, 9.17) is 10.5 Å². The number of amides is 1. The Hall–Kier alpha value is -1.59. The van der Waals surface area contributed by atoms with Gasteiger partial charge < -0.3 is 15.8 Å². The van der Waals surface area contributed by atoms with Crippen LogP contribution < -0.4 is 11.1 Å². The standard InChI is InChI=1S/C15H23N3O2/c1-11(18-9-3-4-14(10-18)20-2)15(19)17-13-7-5-12(16)6-8-13/h5-8,11,14H,3-4,9-10,16H2,1-2H3,(H,17,19). The zero-order valence-electron chi connectivity index (χ0n) is 12.1. The van der Waals surface area contributed by atoms with Crippen LogP contribution in [-0.4, -0.2) is 43.2 Å². The second-order valence-corrected chi connectivity index (χ2v) is 5.28. The number of carbonyl (C=O) groups excluding carboxylic acids is 1. The Kier molecular flexibility index (Phi) is 4.98. The van der Waals surface area contributed by atoms with Gasteiger partial charge in [0.15, 0.2) is 0 Å². The predicted octanol–water partition coefficient (Wildman–Crippen LogP) is 1.71. The van der Waals surface area contributed by atoms with Crippen LogP contribution in [0.1, 0.15) is 19.8 Å². The molecule has 1 aliphatic rings. The van der Waals surface area contributed by atoms with Gasteiger partial charge in [0.1, 0.15) is 0 Å². The maximum Gasteiger partial charge on any atom is 0.241 e. The summed E-state index contributed by atoms with van der Waals surface area (Å²) in [5, 5.41) is 2.92. The molecule has 0 spiro atoms. The molecule has 2 rings (SSSR count).